The molecule has 0 spiro atoms. The molecule has 8 nitrogen and oxygen atoms in total. The third-order valence-corrected chi connectivity index (χ3v) is 5.61. The topological polar surface area (TPSA) is 120 Å². The Labute approximate surface area is 213 Å². The smallest absolute Gasteiger partial charge is 0.405 e. The van der Waals surface area contributed by atoms with E-state index in [1.165, 1.54) is 48.7 Å². The van der Waals surface area contributed by atoms with Crippen LogP contribution in [0.1, 0.15) is 16.1 Å². The van der Waals surface area contributed by atoms with Crippen molar-refractivity contribution in [2.45, 2.75) is 24.9 Å². The van der Waals surface area contributed by atoms with Crippen molar-refractivity contribution in [3.63, 3.8) is 0 Å². The maximum atomic E-state index is 13.4. The van der Waals surface area contributed by atoms with Crippen molar-refractivity contribution >= 4 is 5.91 Å². The normalized spacial score (nSPS) is 13.1. The molecular weight excluding hydrogens is 508 g/mol. The summed E-state index contributed by atoms with van der Waals surface area (Å²) in [5, 5.41) is 29.1. The van der Waals surface area contributed by atoms with Crippen molar-refractivity contribution in [1.82, 2.24) is 20.5 Å². The van der Waals surface area contributed by atoms with Crippen LogP contribution in [0.3, 0.4) is 0 Å². The van der Waals surface area contributed by atoms with Gasteiger partial charge in [0.1, 0.15) is 11.6 Å². The summed E-state index contributed by atoms with van der Waals surface area (Å²) in [6.07, 6.45) is -4.87. The predicted octanol–water partition coefficient (Wildman–Crippen LogP) is 3.87. The van der Waals surface area contributed by atoms with Gasteiger partial charge in [0.15, 0.2) is 0 Å². The molecule has 4 rings (SSSR count). The number of alkyl halides is 3. The van der Waals surface area contributed by atoms with Crippen LogP contribution in [0, 0.1) is 5.82 Å². The predicted molar refractivity (Wildman–Crippen MR) is 128 cm³/mol. The van der Waals surface area contributed by atoms with Gasteiger partial charge in [0.2, 0.25) is 0 Å². The molecular formula is C26H22F4N4O4. The summed E-state index contributed by atoms with van der Waals surface area (Å²) in [5.74, 6) is -1.97. The molecule has 38 heavy (non-hydrogen) atoms. The molecule has 0 aliphatic heterocycles. The molecule has 0 aliphatic rings. The van der Waals surface area contributed by atoms with Gasteiger partial charge in [-0.3, -0.25) is 14.9 Å². The third kappa shape index (κ3) is 6.52. The average molecular weight is 530 g/mol. The molecule has 0 saturated heterocycles. The van der Waals surface area contributed by atoms with Crippen LogP contribution < -0.4 is 10.1 Å². The molecule has 2 atom stereocenters. The Morgan fingerprint density at radius 2 is 1.84 bits per heavy atom. The summed E-state index contributed by atoms with van der Waals surface area (Å²) < 4.78 is 57.2. The quantitative estimate of drug-likeness (QED) is 0.244. The van der Waals surface area contributed by atoms with Crippen LogP contribution in [0.5, 0.6) is 5.75 Å². The Morgan fingerprint density at radius 3 is 2.50 bits per heavy atom. The largest absolute Gasteiger partial charge is 0.573 e. The van der Waals surface area contributed by atoms with Crippen molar-refractivity contribution in [2.24, 2.45) is 0 Å². The van der Waals surface area contributed by atoms with Crippen LogP contribution in [0.25, 0.3) is 22.5 Å². The number of hydrogen-bond donors (Lipinski definition) is 4. The van der Waals surface area contributed by atoms with E-state index in [0.717, 1.165) is 6.07 Å². The number of H-pyrrole nitrogens is 1. The second kappa shape index (κ2) is 11.4. The Hall–Kier alpha value is -4.29. The highest BCUT2D eigenvalue weighted by Gasteiger charge is 2.34. The molecule has 0 unspecified atom stereocenters. The highest BCUT2D eigenvalue weighted by molar-refractivity contribution is 6.02. The first kappa shape index (κ1) is 26.8. The van der Waals surface area contributed by atoms with Gasteiger partial charge in [-0.2, -0.15) is 5.10 Å². The number of nitrogens with one attached hydrogen (secondary N) is 2. The number of aromatic amines is 1. The van der Waals surface area contributed by atoms with E-state index in [4.69, 9.17) is 0 Å². The molecule has 4 N–H and O–H groups in total. The minimum atomic E-state index is -5.06. The molecule has 2 heterocycles. The number of rotatable bonds is 9. The van der Waals surface area contributed by atoms with Crippen LogP contribution in [-0.2, 0) is 6.42 Å². The van der Waals surface area contributed by atoms with Crippen molar-refractivity contribution in [3.05, 3.63) is 90.0 Å². The first-order chi connectivity index (χ1) is 18.1. The number of hydrogen-bond acceptors (Lipinski definition) is 6. The van der Waals surface area contributed by atoms with E-state index < -0.39 is 42.6 Å². The fourth-order valence-electron chi connectivity index (χ4n) is 3.83. The Morgan fingerprint density at radius 1 is 1.08 bits per heavy atom. The molecule has 198 valence electrons. The van der Waals surface area contributed by atoms with E-state index in [0.29, 0.717) is 11.3 Å². The number of aromatic nitrogens is 3. The first-order valence-corrected chi connectivity index (χ1v) is 11.3. The zero-order valence-corrected chi connectivity index (χ0v) is 19.6. The van der Waals surface area contributed by atoms with Crippen molar-refractivity contribution in [2.75, 3.05) is 6.61 Å². The van der Waals surface area contributed by atoms with Gasteiger partial charge >= 0.3 is 6.36 Å². The Kier molecular flexibility index (Phi) is 8.03. The van der Waals surface area contributed by atoms with Crippen LogP contribution in [0.15, 0.2) is 72.9 Å². The molecule has 2 aromatic carbocycles. The highest BCUT2D eigenvalue weighted by Crippen LogP contribution is 2.37. The molecule has 0 fully saturated rings. The zero-order valence-electron chi connectivity index (χ0n) is 19.6. The SMILES string of the molecule is O=C(N[C@H](Cc1ccccn1)[C@H](O)CO)c1cccc(OC(F)(F)F)c1-c1cc(-c2ccc(F)cc2)n[nH]1. The van der Waals surface area contributed by atoms with Crippen molar-refractivity contribution in [1.29, 1.82) is 0 Å². The van der Waals surface area contributed by atoms with Gasteiger partial charge < -0.3 is 20.3 Å². The second-order valence-corrected chi connectivity index (χ2v) is 8.26. The maximum absolute atomic E-state index is 13.4. The lowest BCUT2D eigenvalue weighted by molar-refractivity contribution is -0.274. The number of halogens is 4. The fourth-order valence-corrected chi connectivity index (χ4v) is 3.83. The van der Waals surface area contributed by atoms with Gasteiger partial charge in [-0.05, 0) is 54.6 Å². The summed E-state index contributed by atoms with van der Waals surface area (Å²) in [7, 11) is 0. The maximum Gasteiger partial charge on any atom is 0.573 e. The molecule has 0 radical (unpaired) electrons. The molecule has 12 heteroatoms. The number of aliphatic hydroxyl groups excluding tert-OH is 2. The summed E-state index contributed by atoms with van der Waals surface area (Å²) in [6.45, 7) is -0.677. The monoisotopic (exact) mass is 530 g/mol. The zero-order chi connectivity index (χ0) is 27.3. The molecule has 0 aliphatic carbocycles. The van der Waals surface area contributed by atoms with E-state index in [2.05, 4.69) is 25.2 Å². The van der Waals surface area contributed by atoms with E-state index >= 15 is 0 Å². The van der Waals surface area contributed by atoms with Gasteiger partial charge in [0.25, 0.3) is 5.91 Å². The van der Waals surface area contributed by atoms with Gasteiger partial charge in [-0.25, -0.2) is 4.39 Å². The number of aliphatic hydroxyl groups is 2. The van der Waals surface area contributed by atoms with Gasteiger partial charge in [-0.15, -0.1) is 13.2 Å². The molecule has 2 aromatic heterocycles. The number of pyridine rings is 1. The fraction of sp³-hybridized carbons (Fsp3) is 0.192. The third-order valence-electron chi connectivity index (χ3n) is 5.61. The Balaban J connectivity index is 1.72. The van der Waals surface area contributed by atoms with Crippen LogP contribution in [0.2, 0.25) is 0 Å². The van der Waals surface area contributed by atoms with E-state index in [1.807, 2.05) is 0 Å². The summed E-state index contributed by atoms with van der Waals surface area (Å²) in [6, 6.07) is 14.3. The first-order valence-electron chi connectivity index (χ1n) is 11.3. The summed E-state index contributed by atoms with van der Waals surface area (Å²) in [4.78, 5) is 17.5. The van der Waals surface area contributed by atoms with Crippen molar-refractivity contribution in [3.8, 4) is 28.3 Å². The lowest BCUT2D eigenvalue weighted by Gasteiger charge is -2.23. The van der Waals surface area contributed by atoms with Crippen LogP contribution >= 0.6 is 0 Å². The summed E-state index contributed by atoms with van der Waals surface area (Å²) >= 11 is 0. The molecule has 0 bridgehead atoms. The molecule has 4 aromatic rings. The second-order valence-electron chi connectivity index (χ2n) is 8.26. The number of carbonyl (C=O) groups excluding carboxylic acids is 1. The molecule has 1 amide bonds. The van der Waals surface area contributed by atoms with E-state index in [-0.39, 0.29) is 28.9 Å². The highest BCUT2D eigenvalue weighted by atomic mass is 19.4. The standard InChI is InChI=1S/C26H22F4N4O4/c27-16-9-7-15(8-10-16)19-13-21(34-33-19)24-18(5-3-6-23(24)38-26(28,29)30)25(37)32-20(22(36)14-35)12-17-4-1-2-11-31-17/h1-11,13,20,22,35-36H,12,14H2,(H,32,37)(H,33,34)/t20-,22-/m1/s1. The number of benzene rings is 2. The van der Waals surface area contributed by atoms with Gasteiger partial charge in [0, 0.05) is 23.9 Å². The number of ether oxygens (including phenoxy) is 1. The number of carbonyl (C=O) groups is 1. The van der Waals surface area contributed by atoms with Gasteiger partial charge in [0.05, 0.1) is 41.3 Å². The minimum absolute atomic E-state index is 0.0262. The molecule has 0 saturated carbocycles. The lowest BCUT2D eigenvalue weighted by Crippen LogP contribution is -2.46. The van der Waals surface area contributed by atoms with Crippen LogP contribution in [0.4, 0.5) is 17.6 Å². The minimum Gasteiger partial charge on any atom is -0.405 e. The van der Waals surface area contributed by atoms with Crippen LogP contribution in [-0.4, -0.2) is 56.4 Å². The van der Waals surface area contributed by atoms with E-state index in [1.54, 1.807) is 18.2 Å². The lowest BCUT2D eigenvalue weighted by atomic mass is 9.99. The summed E-state index contributed by atoms with van der Waals surface area (Å²) in [5.41, 5.74) is 0.860. The number of amides is 1. The Bertz CT molecular complexity index is 1380. The number of nitrogens with zero attached hydrogens (tertiary/aromatic N) is 2. The average Bonchev–Trinajstić information content (AvgIpc) is 3.37. The van der Waals surface area contributed by atoms with Crippen molar-refractivity contribution < 1.29 is 37.3 Å². The van der Waals surface area contributed by atoms with E-state index in [9.17, 15) is 32.6 Å². The van der Waals surface area contributed by atoms with Gasteiger partial charge in [-0.1, -0.05) is 12.1 Å².